The number of carbonyl (C=O) groups is 2. The molecule has 0 aliphatic carbocycles. The first-order valence-electron chi connectivity index (χ1n) is 16.4. The van der Waals surface area contributed by atoms with Crippen molar-refractivity contribution in [2.24, 2.45) is 0 Å². The van der Waals surface area contributed by atoms with Crippen LogP contribution < -0.4 is 15.0 Å². The van der Waals surface area contributed by atoms with Crippen LogP contribution in [-0.2, 0) is 34.5 Å². The molecule has 1 aromatic heterocycles. The summed E-state index contributed by atoms with van der Waals surface area (Å²) >= 11 is 0. The van der Waals surface area contributed by atoms with Crippen LogP contribution in [-0.4, -0.2) is 53.1 Å². The SMILES string of the molecule is CCN[C@@H]1C[C@H](C)c2cc(C(F)(F)F)ccc2N1C(=O)OCC.CCc1cc(C(F)(F)F)cc(C(F)(F)F)c1.Cc1ncc(OCCCC(=O)O)cn1. The number of nitrogens with zero attached hydrogens (tertiary/aromatic N) is 3. The van der Waals surface area contributed by atoms with Crippen LogP contribution in [0.2, 0.25) is 0 Å². The van der Waals surface area contributed by atoms with E-state index in [0.717, 1.165) is 24.3 Å². The van der Waals surface area contributed by atoms with Gasteiger partial charge in [-0.25, -0.2) is 14.8 Å². The molecule has 2 N–H and O–H groups in total. The molecule has 2 atom stereocenters. The van der Waals surface area contributed by atoms with Gasteiger partial charge in [0.1, 0.15) is 5.82 Å². The van der Waals surface area contributed by atoms with Gasteiger partial charge in [-0.2, -0.15) is 39.5 Å². The summed E-state index contributed by atoms with van der Waals surface area (Å²) in [5, 5.41) is 11.6. The fraction of sp³-hybridized carbons (Fsp3) is 0.486. The number of nitrogens with one attached hydrogen (secondary N) is 1. The summed E-state index contributed by atoms with van der Waals surface area (Å²) in [6, 6.07) is 5.08. The van der Waals surface area contributed by atoms with E-state index in [-0.39, 0.29) is 43.2 Å². The zero-order valence-electron chi connectivity index (χ0n) is 29.5. The minimum Gasteiger partial charge on any atom is -0.490 e. The normalized spacial score (nSPS) is 15.6. The number of benzene rings is 2. The van der Waals surface area contributed by atoms with E-state index in [0.29, 0.717) is 48.8 Å². The highest BCUT2D eigenvalue weighted by molar-refractivity contribution is 5.90. The Bertz CT molecular complexity index is 1600. The van der Waals surface area contributed by atoms with E-state index in [2.05, 4.69) is 15.3 Å². The first-order valence-corrected chi connectivity index (χ1v) is 16.4. The highest BCUT2D eigenvalue weighted by Crippen LogP contribution is 2.41. The average Bonchev–Trinajstić information content (AvgIpc) is 3.07. The van der Waals surface area contributed by atoms with Gasteiger partial charge >= 0.3 is 30.6 Å². The standard InChI is InChI=1S/C16H21F3N2O2.C10H8F6.C9H12N2O3/c1-4-20-14-8-10(3)12-9-11(16(17,18)19)6-7-13(12)21(14)15(22)23-5-2;1-2-6-3-7(9(11,12)13)5-8(4-6)10(14,15)16;1-7-10-5-8(6-11-7)14-4-2-3-9(12)13/h6-7,9-10,14,20H,4-5,8H2,1-3H3;3-5H,2H2,1H3;5-6H,2-4H2,1H3,(H,12,13)/t10-,14-;;/m0../s1. The van der Waals surface area contributed by atoms with Gasteiger partial charge in [0.05, 0.1) is 54.2 Å². The lowest BCUT2D eigenvalue weighted by Crippen LogP contribution is -2.52. The molecular weight excluding hydrogens is 727 g/mol. The Morgan fingerprint density at radius 1 is 0.887 bits per heavy atom. The van der Waals surface area contributed by atoms with E-state index in [9.17, 15) is 49.1 Å². The van der Waals surface area contributed by atoms with Crippen LogP contribution in [0, 0.1) is 6.92 Å². The maximum absolute atomic E-state index is 12.9. The molecular formula is C35H41F9N4O5. The third-order valence-electron chi connectivity index (χ3n) is 7.55. The van der Waals surface area contributed by atoms with Gasteiger partial charge in [0.25, 0.3) is 0 Å². The van der Waals surface area contributed by atoms with Gasteiger partial charge in [-0.15, -0.1) is 0 Å². The Morgan fingerprint density at radius 2 is 1.45 bits per heavy atom. The summed E-state index contributed by atoms with van der Waals surface area (Å²) in [6.07, 6.45) is -10.4. The number of aryl methyl sites for hydroxylation is 2. The van der Waals surface area contributed by atoms with Crippen molar-refractivity contribution in [1.29, 1.82) is 0 Å². The van der Waals surface area contributed by atoms with Crippen molar-refractivity contribution in [1.82, 2.24) is 15.3 Å². The molecule has 9 nitrogen and oxygen atoms in total. The summed E-state index contributed by atoms with van der Waals surface area (Å²) in [7, 11) is 0. The monoisotopic (exact) mass is 768 g/mol. The third-order valence-corrected chi connectivity index (χ3v) is 7.55. The fourth-order valence-corrected chi connectivity index (χ4v) is 5.00. The van der Waals surface area contributed by atoms with Gasteiger partial charge in [0, 0.05) is 6.42 Å². The summed E-state index contributed by atoms with van der Waals surface area (Å²) in [5.41, 5.74) is -2.22. The molecule has 0 fully saturated rings. The number of halogens is 9. The second-order valence-electron chi connectivity index (χ2n) is 11.6. The summed E-state index contributed by atoms with van der Waals surface area (Å²) < 4.78 is 123. The number of aromatic nitrogens is 2. The number of alkyl halides is 9. The second-order valence-corrected chi connectivity index (χ2v) is 11.6. The third kappa shape index (κ3) is 14.0. The molecule has 1 aliphatic heterocycles. The first kappa shape index (κ1) is 44.6. The molecule has 1 aliphatic rings. The summed E-state index contributed by atoms with van der Waals surface area (Å²) in [5.74, 6) is 0.347. The number of hydrogen-bond acceptors (Lipinski definition) is 7. The number of carboxylic acids is 1. The molecule has 2 heterocycles. The van der Waals surface area contributed by atoms with Crippen LogP contribution in [0.25, 0.3) is 0 Å². The molecule has 0 spiro atoms. The van der Waals surface area contributed by atoms with E-state index in [1.165, 1.54) is 17.9 Å². The predicted molar refractivity (Wildman–Crippen MR) is 176 cm³/mol. The lowest BCUT2D eigenvalue weighted by atomic mass is 9.88. The topological polar surface area (TPSA) is 114 Å². The van der Waals surface area contributed by atoms with Crippen molar-refractivity contribution < 1.29 is 63.7 Å². The van der Waals surface area contributed by atoms with Crippen molar-refractivity contribution in [3.05, 3.63) is 82.4 Å². The maximum atomic E-state index is 12.9. The number of ether oxygens (including phenoxy) is 2. The molecule has 53 heavy (non-hydrogen) atoms. The Morgan fingerprint density at radius 3 is 1.92 bits per heavy atom. The average molecular weight is 769 g/mol. The smallest absolute Gasteiger partial charge is 0.416 e. The molecule has 294 valence electrons. The van der Waals surface area contributed by atoms with E-state index in [4.69, 9.17) is 14.6 Å². The lowest BCUT2D eigenvalue weighted by Gasteiger charge is -2.39. The molecule has 3 aromatic rings. The number of anilines is 1. The summed E-state index contributed by atoms with van der Waals surface area (Å²) in [4.78, 5) is 31.8. The van der Waals surface area contributed by atoms with Crippen molar-refractivity contribution in [2.75, 3.05) is 24.7 Å². The van der Waals surface area contributed by atoms with Crippen LogP contribution in [0.15, 0.2) is 48.8 Å². The van der Waals surface area contributed by atoms with Gasteiger partial charge in [-0.1, -0.05) is 20.8 Å². The van der Waals surface area contributed by atoms with Crippen molar-refractivity contribution in [3.63, 3.8) is 0 Å². The van der Waals surface area contributed by atoms with Gasteiger partial charge in [0.2, 0.25) is 0 Å². The largest absolute Gasteiger partial charge is 0.490 e. The number of aliphatic carboxylic acids is 1. The Balaban J connectivity index is 0.000000286. The number of carbonyl (C=O) groups excluding carboxylic acids is 1. The molecule has 1 amide bonds. The number of amides is 1. The van der Waals surface area contributed by atoms with Gasteiger partial charge in [-0.3, -0.25) is 15.0 Å². The van der Waals surface area contributed by atoms with Crippen molar-refractivity contribution >= 4 is 17.7 Å². The van der Waals surface area contributed by atoms with Crippen molar-refractivity contribution in [3.8, 4) is 5.75 Å². The number of fused-ring (bicyclic) bond motifs is 1. The maximum Gasteiger partial charge on any atom is 0.416 e. The predicted octanol–water partition coefficient (Wildman–Crippen LogP) is 9.43. The Kier molecular flexibility index (Phi) is 16.4. The quantitative estimate of drug-likeness (QED) is 0.164. The van der Waals surface area contributed by atoms with Crippen LogP contribution in [0.3, 0.4) is 0 Å². The molecule has 2 aromatic carbocycles. The van der Waals surface area contributed by atoms with Crippen LogP contribution >= 0.6 is 0 Å². The molecule has 0 bridgehead atoms. The molecule has 0 saturated carbocycles. The minimum atomic E-state index is -4.76. The fourth-order valence-electron chi connectivity index (χ4n) is 5.00. The van der Waals surface area contributed by atoms with E-state index in [1.807, 2.05) is 13.8 Å². The molecule has 0 unspecified atom stereocenters. The van der Waals surface area contributed by atoms with Crippen LogP contribution in [0.5, 0.6) is 5.75 Å². The molecule has 4 rings (SSSR count). The van der Waals surface area contributed by atoms with Crippen LogP contribution in [0.4, 0.5) is 50.0 Å². The number of hydrogen-bond donors (Lipinski definition) is 2. The Labute approximate surface area is 300 Å². The minimum absolute atomic E-state index is 0.0159. The zero-order valence-corrected chi connectivity index (χ0v) is 29.5. The highest BCUT2D eigenvalue weighted by atomic mass is 19.4. The van der Waals surface area contributed by atoms with Crippen LogP contribution in [0.1, 0.15) is 86.5 Å². The van der Waals surface area contributed by atoms with E-state index in [1.54, 1.807) is 26.2 Å². The lowest BCUT2D eigenvalue weighted by molar-refractivity contribution is -0.143. The first-order chi connectivity index (χ1) is 24.6. The van der Waals surface area contributed by atoms with Crippen molar-refractivity contribution in [2.45, 2.75) is 90.9 Å². The molecule has 18 heteroatoms. The number of carboxylic acid groups (broad SMARTS) is 1. The Hall–Kier alpha value is -4.61. The van der Waals surface area contributed by atoms with Gasteiger partial charge in [0.15, 0.2) is 5.75 Å². The molecule has 0 radical (unpaired) electrons. The summed E-state index contributed by atoms with van der Waals surface area (Å²) in [6.45, 7) is 9.98. The van der Waals surface area contributed by atoms with E-state index < -0.39 is 47.3 Å². The second kappa shape index (κ2) is 19.5. The number of rotatable bonds is 9. The van der Waals surface area contributed by atoms with Gasteiger partial charge < -0.3 is 14.6 Å². The van der Waals surface area contributed by atoms with E-state index >= 15 is 0 Å². The highest BCUT2D eigenvalue weighted by Gasteiger charge is 2.39. The molecule has 0 saturated heterocycles. The van der Waals surface area contributed by atoms with Gasteiger partial charge in [-0.05, 0) is 93.1 Å². The zero-order chi connectivity index (χ0) is 40.1.